The van der Waals surface area contributed by atoms with Crippen LogP contribution in [0.5, 0.6) is 0 Å². The maximum atomic E-state index is 5.31. The topological polar surface area (TPSA) is 35.6 Å². The Hall–Kier alpha value is -5.52. The molecule has 0 saturated carbocycles. The Kier molecular flexibility index (Phi) is 5.33. The number of hydrogen-bond acceptors (Lipinski definition) is 3. The molecule has 5 aromatic carbocycles. The van der Waals surface area contributed by atoms with Crippen molar-refractivity contribution in [3.63, 3.8) is 0 Å². The fourth-order valence-corrected chi connectivity index (χ4v) is 7.06. The SMILES string of the molecule is c1ccc(-c2ccc(-c3nc(-n4c5ccccc5c5ccc6c(ccn6-c6ccccc6)c54)nc4cscc34)cc2)cc1. The van der Waals surface area contributed by atoms with Crippen molar-refractivity contribution in [1.29, 1.82) is 0 Å². The van der Waals surface area contributed by atoms with Gasteiger partial charge in [0.2, 0.25) is 5.95 Å². The van der Waals surface area contributed by atoms with E-state index in [1.54, 1.807) is 11.3 Å². The third-order valence-electron chi connectivity index (χ3n) is 8.33. The third-order valence-corrected chi connectivity index (χ3v) is 9.06. The maximum Gasteiger partial charge on any atom is 0.235 e. The van der Waals surface area contributed by atoms with Crippen LogP contribution in [0.2, 0.25) is 0 Å². The first-order valence-corrected chi connectivity index (χ1v) is 15.3. The van der Waals surface area contributed by atoms with Crippen LogP contribution in [0.15, 0.2) is 144 Å². The number of thiophene rings is 1. The molecule has 0 aliphatic heterocycles. The minimum atomic E-state index is 0.680. The van der Waals surface area contributed by atoms with E-state index in [9.17, 15) is 0 Å². The average molecular weight is 569 g/mol. The zero-order chi connectivity index (χ0) is 28.3. The van der Waals surface area contributed by atoms with Crippen molar-refractivity contribution in [2.24, 2.45) is 0 Å². The second-order valence-corrected chi connectivity index (χ2v) is 11.5. The lowest BCUT2D eigenvalue weighted by Gasteiger charge is -2.11. The largest absolute Gasteiger partial charge is 0.316 e. The lowest BCUT2D eigenvalue weighted by molar-refractivity contribution is 1.02. The summed E-state index contributed by atoms with van der Waals surface area (Å²) in [4.78, 5) is 10.5. The van der Waals surface area contributed by atoms with Crippen LogP contribution in [-0.4, -0.2) is 19.1 Å². The summed E-state index contributed by atoms with van der Waals surface area (Å²) in [5.74, 6) is 0.680. The van der Waals surface area contributed by atoms with Gasteiger partial charge in [0, 0.05) is 49.8 Å². The monoisotopic (exact) mass is 568 g/mol. The number of para-hydroxylation sites is 2. The quantitative estimate of drug-likeness (QED) is 0.212. The highest BCUT2D eigenvalue weighted by Crippen LogP contribution is 2.38. The van der Waals surface area contributed by atoms with Gasteiger partial charge >= 0.3 is 0 Å². The van der Waals surface area contributed by atoms with Crippen LogP contribution < -0.4 is 0 Å². The average Bonchev–Trinajstić information content (AvgIpc) is 3.81. The molecule has 0 atom stereocenters. The van der Waals surface area contributed by atoms with E-state index in [1.807, 2.05) is 6.07 Å². The zero-order valence-corrected chi connectivity index (χ0v) is 23.9. The summed E-state index contributed by atoms with van der Waals surface area (Å²) in [5, 5.41) is 8.90. The lowest BCUT2D eigenvalue weighted by Crippen LogP contribution is -2.03. The van der Waals surface area contributed by atoms with Gasteiger partial charge in [-0.3, -0.25) is 4.57 Å². The van der Waals surface area contributed by atoms with E-state index in [-0.39, 0.29) is 0 Å². The molecule has 0 N–H and O–H groups in total. The molecule has 0 aliphatic carbocycles. The van der Waals surface area contributed by atoms with Crippen molar-refractivity contribution in [3.8, 4) is 34.0 Å². The fraction of sp³-hybridized carbons (Fsp3) is 0. The summed E-state index contributed by atoms with van der Waals surface area (Å²) < 4.78 is 4.50. The Morgan fingerprint density at radius 2 is 1.21 bits per heavy atom. The molecular weight excluding hydrogens is 545 g/mol. The summed E-state index contributed by atoms with van der Waals surface area (Å²) in [6.45, 7) is 0. The van der Waals surface area contributed by atoms with Crippen LogP contribution in [0.4, 0.5) is 0 Å². The predicted octanol–water partition coefficient (Wildman–Crippen LogP) is 10.1. The van der Waals surface area contributed by atoms with Gasteiger partial charge in [-0.2, -0.15) is 0 Å². The summed E-state index contributed by atoms with van der Waals surface area (Å²) >= 11 is 1.66. The molecule has 0 unspecified atom stereocenters. The first kappa shape index (κ1) is 24.1. The van der Waals surface area contributed by atoms with Gasteiger partial charge in [0.15, 0.2) is 0 Å². The molecule has 0 fully saturated rings. The third kappa shape index (κ3) is 3.75. The molecule has 5 heteroatoms. The van der Waals surface area contributed by atoms with Crippen molar-refractivity contribution in [2.45, 2.75) is 0 Å². The standard InChI is InChI=1S/C38H24N4S/c1-3-9-25(10-4-1)26-15-17-27(18-16-26)36-32-23-43-24-33(32)39-38(40-36)42-35-14-8-7-13-29(35)30-19-20-34-31(37(30)42)21-22-41(34)28-11-5-2-6-12-28/h1-24H. The number of fused-ring (bicyclic) bond motifs is 6. The molecule has 202 valence electrons. The van der Waals surface area contributed by atoms with Crippen molar-refractivity contribution in [3.05, 3.63) is 144 Å². The Morgan fingerprint density at radius 3 is 2.05 bits per heavy atom. The molecule has 0 spiro atoms. The molecule has 9 rings (SSSR count). The second kappa shape index (κ2) is 9.51. The summed E-state index contributed by atoms with van der Waals surface area (Å²) in [6, 6.07) is 44.9. The van der Waals surface area contributed by atoms with Crippen LogP contribution >= 0.6 is 11.3 Å². The van der Waals surface area contributed by atoms with Gasteiger partial charge in [-0.05, 0) is 41.5 Å². The first-order chi connectivity index (χ1) is 21.3. The van der Waals surface area contributed by atoms with Crippen molar-refractivity contribution >= 4 is 54.9 Å². The number of aromatic nitrogens is 4. The number of rotatable bonds is 4. The molecule has 0 saturated heterocycles. The van der Waals surface area contributed by atoms with Gasteiger partial charge in [0.25, 0.3) is 0 Å². The van der Waals surface area contributed by atoms with E-state index >= 15 is 0 Å². The summed E-state index contributed by atoms with van der Waals surface area (Å²) in [7, 11) is 0. The highest BCUT2D eigenvalue weighted by Gasteiger charge is 2.20. The minimum absolute atomic E-state index is 0.680. The molecule has 9 aromatic rings. The highest BCUT2D eigenvalue weighted by molar-refractivity contribution is 7.09. The molecule has 43 heavy (non-hydrogen) atoms. The van der Waals surface area contributed by atoms with Crippen molar-refractivity contribution in [2.75, 3.05) is 0 Å². The Bertz CT molecular complexity index is 2430. The predicted molar refractivity (Wildman–Crippen MR) is 179 cm³/mol. The minimum Gasteiger partial charge on any atom is -0.316 e. The van der Waals surface area contributed by atoms with Gasteiger partial charge in [0.05, 0.1) is 27.8 Å². The molecule has 4 nitrogen and oxygen atoms in total. The normalized spacial score (nSPS) is 11.7. The van der Waals surface area contributed by atoms with Crippen LogP contribution in [-0.2, 0) is 0 Å². The number of hydrogen-bond donors (Lipinski definition) is 0. The Labute approximate surface area is 251 Å². The van der Waals surface area contributed by atoms with Gasteiger partial charge in [-0.1, -0.05) is 97.1 Å². The maximum absolute atomic E-state index is 5.31. The van der Waals surface area contributed by atoms with Crippen molar-refractivity contribution in [1.82, 2.24) is 19.1 Å². The first-order valence-electron chi connectivity index (χ1n) is 14.3. The van der Waals surface area contributed by atoms with Crippen LogP contribution in [0, 0.1) is 0 Å². The molecule has 4 aromatic heterocycles. The number of nitrogens with zero attached hydrogens (tertiary/aromatic N) is 4. The van der Waals surface area contributed by atoms with Gasteiger partial charge in [0.1, 0.15) is 0 Å². The van der Waals surface area contributed by atoms with E-state index in [0.717, 1.165) is 44.4 Å². The van der Waals surface area contributed by atoms with Gasteiger partial charge in [-0.25, -0.2) is 9.97 Å². The van der Waals surface area contributed by atoms with Gasteiger partial charge < -0.3 is 4.57 Å². The Morgan fingerprint density at radius 1 is 0.488 bits per heavy atom. The zero-order valence-electron chi connectivity index (χ0n) is 23.1. The molecule has 0 radical (unpaired) electrons. The molecule has 4 heterocycles. The van der Waals surface area contributed by atoms with Gasteiger partial charge in [-0.15, -0.1) is 11.3 Å². The van der Waals surface area contributed by atoms with E-state index < -0.39 is 0 Å². The van der Waals surface area contributed by atoms with E-state index in [4.69, 9.17) is 9.97 Å². The highest BCUT2D eigenvalue weighted by atomic mass is 32.1. The number of benzene rings is 5. The molecule has 0 amide bonds. The lowest BCUT2D eigenvalue weighted by atomic mass is 10.0. The second-order valence-electron chi connectivity index (χ2n) is 10.8. The van der Waals surface area contributed by atoms with Crippen LogP contribution in [0.3, 0.4) is 0 Å². The molecular formula is C38H24N4S. The summed E-state index contributed by atoms with van der Waals surface area (Å²) in [6.07, 6.45) is 2.16. The van der Waals surface area contributed by atoms with E-state index in [0.29, 0.717) is 5.95 Å². The van der Waals surface area contributed by atoms with E-state index in [2.05, 4.69) is 147 Å². The molecule has 0 bridgehead atoms. The Balaban J connectivity index is 1.30. The fourth-order valence-electron chi connectivity index (χ4n) is 6.32. The van der Waals surface area contributed by atoms with Crippen LogP contribution in [0.1, 0.15) is 0 Å². The van der Waals surface area contributed by atoms with Crippen LogP contribution in [0.25, 0.3) is 77.6 Å². The molecule has 0 aliphatic rings. The smallest absolute Gasteiger partial charge is 0.235 e. The summed E-state index contributed by atoms with van der Waals surface area (Å²) in [5.41, 5.74) is 9.87. The van der Waals surface area contributed by atoms with E-state index in [1.165, 1.54) is 27.3 Å². The van der Waals surface area contributed by atoms with Crippen molar-refractivity contribution < 1.29 is 0 Å².